The largest absolute Gasteiger partial charge is 0.506 e. The zero-order valence-corrected chi connectivity index (χ0v) is 18.4. The normalized spacial score (nSPS) is 13.8. The molecule has 0 aliphatic carbocycles. The summed E-state index contributed by atoms with van der Waals surface area (Å²) in [5.74, 6) is 0.141. The molecule has 0 radical (unpaired) electrons. The van der Waals surface area contributed by atoms with Gasteiger partial charge >= 0.3 is 0 Å². The van der Waals surface area contributed by atoms with Crippen molar-refractivity contribution in [1.82, 2.24) is 15.2 Å². The summed E-state index contributed by atoms with van der Waals surface area (Å²) in [5, 5.41) is 17.1. The topological polar surface area (TPSA) is 65.5 Å². The van der Waals surface area contributed by atoms with Crippen LogP contribution in [-0.2, 0) is 37.3 Å². The fourth-order valence-corrected chi connectivity index (χ4v) is 4.76. The Hall–Kier alpha value is -2.41. The minimum atomic E-state index is 0.0343. The van der Waals surface area contributed by atoms with Crippen molar-refractivity contribution >= 4 is 28.8 Å². The first kappa shape index (κ1) is 20.8. The molecule has 0 saturated carbocycles. The van der Waals surface area contributed by atoms with Gasteiger partial charge in [0.2, 0.25) is 5.91 Å². The number of phenols is 1. The Balaban J connectivity index is 1.42. The van der Waals surface area contributed by atoms with Crippen LogP contribution in [0.15, 0.2) is 41.2 Å². The second-order valence-corrected chi connectivity index (χ2v) is 8.84. The van der Waals surface area contributed by atoms with E-state index in [0.29, 0.717) is 18.0 Å². The first-order valence-corrected chi connectivity index (χ1v) is 11.3. The first-order valence-electron chi connectivity index (χ1n) is 9.93. The van der Waals surface area contributed by atoms with Crippen molar-refractivity contribution in [2.75, 3.05) is 6.54 Å². The molecule has 3 aromatic rings. The number of carbonyl (C=O) groups excluding carboxylic acids is 1. The van der Waals surface area contributed by atoms with Gasteiger partial charge in [0.05, 0.1) is 11.4 Å². The zero-order valence-electron chi connectivity index (χ0n) is 16.8. The number of hydrogen-bond donors (Lipinski definition) is 2. The predicted octanol–water partition coefficient (Wildman–Crippen LogP) is 4.23. The second kappa shape index (κ2) is 9.16. The lowest BCUT2D eigenvalue weighted by Crippen LogP contribution is -2.32. The van der Waals surface area contributed by atoms with E-state index in [9.17, 15) is 9.90 Å². The fourth-order valence-electron chi connectivity index (χ4n) is 3.88. The van der Waals surface area contributed by atoms with Gasteiger partial charge in [-0.15, -0.1) is 0 Å². The Labute approximate surface area is 185 Å². The van der Waals surface area contributed by atoms with Gasteiger partial charge in [-0.3, -0.25) is 14.7 Å². The average Bonchev–Trinajstić information content (AvgIpc) is 3.23. The summed E-state index contributed by atoms with van der Waals surface area (Å²) >= 11 is 7.65. The van der Waals surface area contributed by atoms with E-state index >= 15 is 0 Å². The van der Waals surface area contributed by atoms with Gasteiger partial charge in [-0.05, 0) is 70.1 Å². The Morgan fingerprint density at radius 2 is 2.20 bits per heavy atom. The highest BCUT2D eigenvalue weighted by atomic mass is 35.5. The molecular weight excluding hydrogens is 418 g/mol. The van der Waals surface area contributed by atoms with Crippen molar-refractivity contribution in [2.24, 2.45) is 0 Å². The minimum absolute atomic E-state index is 0.0343. The highest BCUT2D eigenvalue weighted by molar-refractivity contribution is 7.08. The van der Waals surface area contributed by atoms with Crippen LogP contribution in [0, 0.1) is 6.92 Å². The van der Waals surface area contributed by atoms with Crippen LogP contribution in [0.5, 0.6) is 5.75 Å². The number of aryl methyl sites for hydroxylation is 1. The molecule has 2 N–H and O–H groups in total. The molecule has 1 aliphatic heterocycles. The molecule has 0 atom stereocenters. The Kier molecular flexibility index (Phi) is 6.37. The summed E-state index contributed by atoms with van der Waals surface area (Å²) in [4.78, 5) is 19.2. The molecule has 1 aliphatic rings. The molecule has 3 heterocycles. The Bertz CT molecular complexity index is 1050. The van der Waals surface area contributed by atoms with Crippen molar-refractivity contribution in [3.8, 4) is 5.75 Å². The van der Waals surface area contributed by atoms with E-state index in [1.807, 2.05) is 42.1 Å². The van der Waals surface area contributed by atoms with Crippen LogP contribution in [0.2, 0.25) is 5.02 Å². The smallest absolute Gasteiger partial charge is 0.224 e. The molecular formula is C23H24ClN3O2S. The van der Waals surface area contributed by atoms with E-state index < -0.39 is 0 Å². The molecule has 0 saturated heterocycles. The SMILES string of the molecule is Cc1ncc2c(c1CNC(=O)Cc1ccsc1)CCN(Cc1ccc(O)c(Cl)c1)C2. The van der Waals surface area contributed by atoms with Crippen molar-refractivity contribution < 1.29 is 9.90 Å². The monoisotopic (exact) mass is 441 g/mol. The summed E-state index contributed by atoms with van der Waals surface area (Å²) < 4.78 is 0. The van der Waals surface area contributed by atoms with E-state index in [0.717, 1.165) is 48.4 Å². The van der Waals surface area contributed by atoms with Crippen LogP contribution in [0.25, 0.3) is 0 Å². The molecule has 0 fully saturated rings. The molecule has 5 nitrogen and oxygen atoms in total. The number of nitrogens with one attached hydrogen (secondary N) is 1. The molecule has 156 valence electrons. The van der Waals surface area contributed by atoms with E-state index in [2.05, 4.69) is 15.2 Å². The molecule has 7 heteroatoms. The third-order valence-electron chi connectivity index (χ3n) is 5.50. The summed E-state index contributed by atoms with van der Waals surface area (Å²) in [6, 6.07) is 7.33. The number of benzene rings is 1. The van der Waals surface area contributed by atoms with E-state index in [1.165, 1.54) is 11.1 Å². The third kappa shape index (κ3) is 4.83. The quantitative estimate of drug-likeness (QED) is 0.600. The van der Waals surface area contributed by atoms with Crippen molar-refractivity contribution in [1.29, 1.82) is 0 Å². The van der Waals surface area contributed by atoms with E-state index in [1.54, 1.807) is 17.4 Å². The highest BCUT2D eigenvalue weighted by Gasteiger charge is 2.21. The summed E-state index contributed by atoms with van der Waals surface area (Å²) in [6.45, 7) is 5.01. The number of halogens is 1. The van der Waals surface area contributed by atoms with Crippen molar-refractivity contribution in [3.05, 3.63) is 79.8 Å². The Morgan fingerprint density at radius 1 is 1.33 bits per heavy atom. The van der Waals surface area contributed by atoms with Crippen LogP contribution in [0.1, 0.15) is 33.5 Å². The fraction of sp³-hybridized carbons (Fsp3) is 0.304. The number of pyridine rings is 1. The molecule has 1 amide bonds. The maximum atomic E-state index is 12.3. The number of carbonyl (C=O) groups is 1. The number of hydrogen-bond acceptors (Lipinski definition) is 5. The summed E-state index contributed by atoms with van der Waals surface area (Å²) in [5.41, 5.74) is 6.74. The van der Waals surface area contributed by atoms with Crippen LogP contribution in [0.4, 0.5) is 0 Å². The standard InChI is InChI=1S/C23H24ClN3O2S/c1-15-20(11-26-23(29)9-17-5-7-30-14-17)19-4-6-27(13-18(19)10-25-15)12-16-2-3-22(28)21(24)8-16/h2-3,5,7-8,10,14,28H,4,6,9,11-13H2,1H3,(H,26,29). The van der Waals surface area contributed by atoms with Gasteiger partial charge < -0.3 is 10.4 Å². The molecule has 0 spiro atoms. The number of nitrogens with zero attached hydrogens (tertiary/aromatic N) is 2. The number of fused-ring (bicyclic) bond motifs is 1. The molecule has 0 unspecified atom stereocenters. The van der Waals surface area contributed by atoms with E-state index in [4.69, 9.17) is 11.6 Å². The van der Waals surface area contributed by atoms with Gasteiger partial charge in [0.25, 0.3) is 0 Å². The van der Waals surface area contributed by atoms with Gasteiger partial charge in [0.15, 0.2) is 0 Å². The number of aromatic nitrogens is 1. The van der Waals surface area contributed by atoms with Crippen molar-refractivity contribution in [2.45, 2.75) is 39.4 Å². The van der Waals surface area contributed by atoms with Crippen LogP contribution >= 0.6 is 22.9 Å². The average molecular weight is 442 g/mol. The predicted molar refractivity (Wildman–Crippen MR) is 120 cm³/mol. The molecule has 1 aromatic carbocycles. The third-order valence-corrected chi connectivity index (χ3v) is 6.53. The lowest BCUT2D eigenvalue weighted by molar-refractivity contribution is -0.120. The van der Waals surface area contributed by atoms with Gasteiger partial charge in [0.1, 0.15) is 5.75 Å². The number of amides is 1. The van der Waals surface area contributed by atoms with Crippen LogP contribution in [-0.4, -0.2) is 27.4 Å². The number of aromatic hydroxyl groups is 1. The summed E-state index contributed by atoms with van der Waals surface area (Å²) in [6.07, 6.45) is 3.28. The molecule has 0 bridgehead atoms. The zero-order chi connectivity index (χ0) is 21.1. The van der Waals surface area contributed by atoms with Gasteiger partial charge in [-0.25, -0.2) is 0 Å². The number of phenolic OH excluding ortho intramolecular Hbond substituents is 1. The lowest BCUT2D eigenvalue weighted by Gasteiger charge is -2.30. The summed E-state index contributed by atoms with van der Waals surface area (Å²) in [7, 11) is 0. The first-order chi connectivity index (χ1) is 14.5. The van der Waals surface area contributed by atoms with Crippen LogP contribution in [0.3, 0.4) is 0 Å². The van der Waals surface area contributed by atoms with Crippen molar-refractivity contribution in [3.63, 3.8) is 0 Å². The van der Waals surface area contributed by atoms with Gasteiger partial charge in [-0.2, -0.15) is 11.3 Å². The van der Waals surface area contributed by atoms with Gasteiger partial charge in [-0.1, -0.05) is 17.7 Å². The second-order valence-electron chi connectivity index (χ2n) is 7.66. The highest BCUT2D eigenvalue weighted by Crippen LogP contribution is 2.27. The molecule has 4 rings (SSSR count). The maximum absolute atomic E-state index is 12.3. The molecule has 2 aromatic heterocycles. The maximum Gasteiger partial charge on any atom is 0.224 e. The Morgan fingerprint density at radius 3 is 2.97 bits per heavy atom. The minimum Gasteiger partial charge on any atom is -0.506 e. The number of thiophene rings is 1. The lowest BCUT2D eigenvalue weighted by atomic mass is 9.94. The van der Waals surface area contributed by atoms with Gasteiger partial charge in [0, 0.05) is 38.1 Å². The van der Waals surface area contributed by atoms with Crippen LogP contribution < -0.4 is 5.32 Å². The van der Waals surface area contributed by atoms with E-state index in [-0.39, 0.29) is 11.7 Å². The number of rotatable bonds is 6. The molecule has 30 heavy (non-hydrogen) atoms.